The molecule has 0 fully saturated rings. The largest absolute Gasteiger partial charge is 0.360 e. The molecule has 0 aliphatic rings. The van der Waals surface area contributed by atoms with E-state index in [2.05, 4.69) is 15.5 Å². The van der Waals surface area contributed by atoms with E-state index in [4.69, 9.17) is 0 Å². The molecule has 8 nitrogen and oxygen atoms in total. The van der Waals surface area contributed by atoms with Crippen molar-refractivity contribution in [3.63, 3.8) is 0 Å². The fraction of sp³-hybridized carbons (Fsp3) is 0.538. The summed E-state index contributed by atoms with van der Waals surface area (Å²) in [5, 5.41) is 22.8. The second-order valence-electron chi connectivity index (χ2n) is 5.00. The quantitative estimate of drug-likeness (QED) is 0.650. The van der Waals surface area contributed by atoms with Crippen LogP contribution < -0.4 is 5.32 Å². The maximum atomic E-state index is 11.2. The highest BCUT2D eigenvalue weighted by Crippen LogP contribution is 2.29. The van der Waals surface area contributed by atoms with Crippen molar-refractivity contribution in [3.8, 4) is 0 Å². The normalized spacial score (nSPS) is 10.9. The molecule has 2 heterocycles. The van der Waals surface area contributed by atoms with Crippen molar-refractivity contribution < 1.29 is 4.92 Å². The molecule has 2 aromatic heterocycles. The van der Waals surface area contributed by atoms with Crippen LogP contribution in [0.1, 0.15) is 30.3 Å². The highest BCUT2D eigenvalue weighted by Gasteiger charge is 2.25. The lowest BCUT2D eigenvalue weighted by atomic mass is 10.2. The molecule has 8 heteroatoms. The summed E-state index contributed by atoms with van der Waals surface area (Å²) >= 11 is 0. The van der Waals surface area contributed by atoms with Crippen LogP contribution in [0.5, 0.6) is 0 Å². The lowest BCUT2D eigenvalue weighted by molar-refractivity contribution is -0.384. The van der Waals surface area contributed by atoms with Gasteiger partial charge in [0.1, 0.15) is 5.69 Å². The Kier molecular flexibility index (Phi) is 4.25. The van der Waals surface area contributed by atoms with Gasteiger partial charge in [0.15, 0.2) is 0 Å². The maximum absolute atomic E-state index is 11.2. The van der Waals surface area contributed by atoms with Crippen molar-refractivity contribution in [2.45, 2.75) is 40.3 Å². The number of aromatic nitrogens is 4. The van der Waals surface area contributed by atoms with E-state index in [1.54, 1.807) is 22.5 Å². The number of hydrogen-bond acceptors (Lipinski definition) is 5. The predicted molar refractivity (Wildman–Crippen MR) is 79.2 cm³/mol. The molecule has 114 valence electrons. The van der Waals surface area contributed by atoms with Gasteiger partial charge in [0, 0.05) is 31.4 Å². The number of nitrogens with zero attached hydrogens (tertiary/aromatic N) is 5. The molecular formula is C13H20N6O2. The summed E-state index contributed by atoms with van der Waals surface area (Å²) in [6.07, 6.45) is 2.63. The Morgan fingerprint density at radius 3 is 2.67 bits per heavy atom. The second-order valence-corrected chi connectivity index (χ2v) is 5.00. The monoisotopic (exact) mass is 292 g/mol. The Morgan fingerprint density at radius 1 is 1.43 bits per heavy atom. The summed E-state index contributed by atoms with van der Waals surface area (Å²) < 4.78 is 3.44. The Hall–Kier alpha value is -2.38. The van der Waals surface area contributed by atoms with Crippen molar-refractivity contribution in [1.29, 1.82) is 0 Å². The number of anilines is 1. The minimum absolute atomic E-state index is 0.0463. The SMILES string of the molecule is CCCn1nc(C)c([N+](=O)[O-])c1NCc1cnn(C)c1C. The van der Waals surface area contributed by atoms with E-state index in [-0.39, 0.29) is 10.6 Å². The minimum Gasteiger partial charge on any atom is -0.360 e. The molecule has 0 bridgehead atoms. The van der Waals surface area contributed by atoms with E-state index in [9.17, 15) is 10.1 Å². The minimum atomic E-state index is -0.382. The molecule has 0 aliphatic heterocycles. The van der Waals surface area contributed by atoms with Crippen LogP contribution in [0, 0.1) is 24.0 Å². The van der Waals surface area contributed by atoms with Gasteiger partial charge in [-0.3, -0.25) is 14.8 Å². The summed E-state index contributed by atoms with van der Waals surface area (Å²) in [7, 11) is 1.87. The van der Waals surface area contributed by atoms with Crippen LogP contribution >= 0.6 is 0 Å². The summed E-state index contributed by atoms with van der Waals surface area (Å²) in [6, 6.07) is 0. The lowest BCUT2D eigenvalue weighted by Crippen LogP contribution is -2.09. The van der Waals surface area contributed by atoms with Crippen LogP contribution in [0.2, 0.25) is 0 Å². The number of hydrogen-bond donors (Lipinski definition) is 1. The molecule has 0 spiro atoms. The Bertz CT molecular complexity index is 658. The van der Waals surface area contributed by atoms with E-state index in [1.165, 1.54) is 0 Å². The van der Waals surface area contributed by atoms with E-state index in [1.807, 2.05) is 20.9 Å². The van der Waals surface area contributed by atoms with Crippen LogP contribution in [0.3, 0.4) is 0 Å². The van der Waals surface area contributed by atoms with Gasteiger partial charge < -0.3 is 5.32 Å². The standard InChI is InChI=1S/C13H20N6O2/c1-5-6-18-13(12(19(20)21)9(2)16-18)14-7-11-8-15-17(4)10(11)3/h8,14H,5-7H2,1-4H3. The Labute approximate surface area is 122 Å². The average Bonchev–Trinajstić information content (AvgIpc) is 2.90. The molecule has 2 rings (SSSR count). The first-order chi connectivity index (χ1) is 9.95. The van der Waals surface area contributed by atoms with E-state index < -0.39 is 0 Å². The molecule has 2 aromatic rings. The molecule has 0 atom stereocenters. The third kappa shape index (κ3) is 2.88. The van der Waals surface area contributed by atoms with Crippen molar-refractivity contribution in [1.82, 2.24) is 19.6 Å². The van der Waals surface area contributed by atoms with Gasteiger partial charge in [-0.1, -0.05) is 6.92 Å². The van der Waals surface area contributed by atoms with Gasteiger partial charge >= 0.3 is 5.69 Å². The van der Waals surface area contributed by atoms with Crippen LogP contribution in [0.4, 0.5) is 11.5 Å². The van der Waals surface area contributed by atoms with Gasteiger partial charge in [-0.05, 0) is 20.3 Å². The fourth-order valence-electron chi connectivity index (χ4n) is 2.24. The fourth-order valence-corrected chi connectivity index (χ4v) is 2.24. The van der Waals surface area contributed by atoms with Crippen molar-refractivity contribution in [2.75, 3.05) is 5.32 Å². The van der Waals surface area contributed by atoms with Gasteiger partial charge in [-0.2, -0.15) is 10.2 Å². The van der Waals surface area contributed by atoms with Crippen LogP contribution in [-0.2, 0) is 20.1 Å². The van der Waals surface area contributed by atoms with E-state index in [0.717, 1.165) is 17.7 Å². The number of aryl methyl sites for hydroxylation is 3. The molecule has 0 aliphatic carbocycles. The molecule has 0 amide bonds. The van der Waals surface area contributed by atoms with Crippen LogP contribution in [0.15, 0.2) is 6.20 Å². The first-order valence-corrected chi connectivity index (χ1v) is 6.88. The van der Waals surface area contributed by atoms with Crippen LogP contribution in [0.25, 0.3) is 0 Å². The second kappa shape index (κ2) is 5.94. The zero-order chi connectivity index (χ0) is 15.6. The van der Waals surface area contributed by atoms with E-state index in [0.29, 0.717) is 24.6 Å². The predicted octanol–water partition coefficient (Wildman–Crippen LogP) is 2.16. The molecule has 0 radical (unpaired) electrons. The molecule has 0 saturated carbocycles. The topological polar surface area (TPSA) is 90.8 Å². The number of nitro groups is 1. The zero-order valence-corrected chi connectivity index (χ0v) is 12.8. The molecule has 0 unspecified atom stereocenters. The Morgan fingerprint density at radius 2 is 2.14 bits per heavy atom. The van der Waals surface area contributed by atoms with Gasteiger partial charge in [0.05, 0.1) is 11.1 Å². The highest BCUT2D eigenvalue weighted by molar-refractivity contribution is 5.59. The van der Waals surface area contributed by atoms with Crippen LogP contribution in [-0.4, -0.2) is 24.5 Å². The maximum Gasteiger partial charge on any atom is 0.333 e. The highest BCUT2D eigenvalue weighted by atomic mass is 16.6. The van der Waals surface area contributed by atoms with Gasteiger partial charge in [0.2, 0.25) is 5.82 Å². The van der Waals surface area contributed by atoms with Gasteiger partial charge in [-0.15, -0.1) is 0 Å². The third-order valence-electron chi connectivity index (χ3n) is 3.50. The summed E-state index contributed by atoms with van der Waals surface area (Å²) in [5.41, 5.74) is 2.51. The molecule has 21 heavy (non-hydrogen) atoms. The van der Waals surface area contributed by atoms with Crippen molar-refractivity contribution >= 4 is 11.5 Å². The van der Waals surface area contributed by atoms with E-state index >= 15 is 0 Å². The summed E-state index contributed by atoms with van der Waals surface area (Å²) in [4.78, 5) is 10.9. The summed E-state index contributed by atoms with van der Waals surface area (Å²) in [6.45, 7) is 6.76. The Balaban J connectivity index is 2.29. The summed E-state index contributed by atoms with van der Waals surface area (Å²) in [5.74, 6) is 0.461. The smallest absolute Gasteiger partial charge is 0.333 e. The first kappa shape index (κ1) is 15.0. The molecular weight excluding hydrogens is 272 g/mol. The molecule has 1 N–H and O–H groups in total. The van der Waals surface area contributed by atoms with Crippen molar-refractivity contribution in [2.24, 2.45) is 7.05 Å². The molecule has 0 aromatic carbocycles. The molecule has 0 saturated heterocycles. The first-order valence-electron chi connectivity index (χ1n) is 6.88. The van der Waals surface area contributed by atoms with Gasteiger partial charge in [-0.25, -0.2) is 4.68 Å². The average molecular weight is 292 g/mol. The number of rotatable bonds is 6. The lowest BCUT2D eigenvalue weighted by Gasteiger charge is -2.08. The van der Waals surface area contributed by atoms with Crippen molar-refractivity contribution in [3.05, 3.63) is 33.3 Å². The number of nitrogens with one attached hydrogen (secondary N) is 1. The van der Waals surface area contributed by atoms with Gasteiger partial charge in [0.25, 0.3) is 0 Å². The zero-order valence-electron chi connectivity index (χ0n) is 12.8. The third-order valence-corrected chi connectivity index (χ3v) is 3.50.